The van der Waals surface area contributed by atoms with Crippen LogP contribution < -0.4 is 0 Å². The van der Waals surface area contributed by atoms with Gasteiger partial charge < -0.3 is 15.3 Å². The predicted molar refractivity (Wildman–Crippen MR) is 59.4 cm³/mol. The van der Waals surface area contributed by atoms with Crippen LogP contribution in [0.2, 0.25) is 0 Å². The van der Waals surface area contributed by atoms with Crippen LogP contribution in [-0.4, -0.2) is 35.1 Å². The molecule has 2 unspecified atom stereocenters. The lowest BCUT2D eigenvalue weighted by atomic mass is 9.88. The van der Waals surface area contributed by atoms with E-state index in [1.807, 2.05) is 0 Å². The van der Waals surface area contributed by atoms with Crippen molar-refractivity contribution in [3.8, 4) is 0 Å². The highest BCUT2D eigenvalue weighted by Crippen LogP contribution is 2.41. The molecule has 0 saturated heterocycles. The Bertz CT molecular complexity index is 145. The van der Waals surface area contributed by atoms with Crippen molar-refractivity contribution in [1.29, 1.82) is 0 Å². The van der Waals surface area contributed by atoms with E-state index in [4.69, 9.17) is 15.3 Å². The Morgan fingerprint density at radius 1 is 0.800 bits per heavy atom. The van der Waals surface area contributed by atoms with Crippen LogP contribution in [0.25, 0.3) is 0 Å². The molecule has 1 fully saturated rings. The first-order chi connectivity index (χ1) is 7.31. The highest BCUT2D eigenvalue weighted by Gasteiger charge is 2.32. The molecule has 0 heterocycles. The van der Waals surface area contributed by atoms with E-state index in [0.29, 0.717) is 24.4 Å². The maximum Gasteiger partial charge on any atom is 0.0459 e. The Kier molecular flexibility index (Phi) is 6.22. The molecule has 15 heavy (non-hydrogen) atoms. The Balaban J connectivity index is 2.34. The highest BCUT2D eigenvalue weighted by molar-refractivity contribution is 4.83. The van der Waals surface area contributed by atoms with Gasteiger partial charge in [-0.05, 0) is 56.3 Å². The van der Waals surface area contributed by atoms with E-state index < -0.39 is 0 Å². The fraction of sp³-hybridized carbons (Fsp3) is 1.00. The molecule has 0 aliphatic heterocycles. The molecule has 0 aromatic heterocycles. The summed E-state index contributed by atoms with van der Waals surface area (Å²) >= 11 is 0. The Morgan fingerprint density at radius 2 is 1.27 bits per heavy atom. The number of aliphatic hydroxyl groups is 3. The standard InChI is InChI=1S/C12H24O3/c13-5-1-3-11-7-10(9-15)8-12(11)4-2-6-14/h10-15H,1-9H2. The van der Waals surface area contributed by atoms with E-state index in [1.54, 1.807) is 0 Å². The second kappa shape index (κ2) is 7.20. The Morgan fingerprint density at radius 3 is 1.60 bits per heavy atom. The van der Waals surface area contributed by atoms with E-state index in [1.165, 1.54) is 0 Å². The van der Waals surface area contributed by atoms with Crippen LogP contribution in [-0.2, 0) is 0 Å². The molecular formula is C12H24O3. The maximum atomic E-state index is 9.15. The lowest BCUT2D eigenvalue weighted by Crippen LogP contribution is -2.09. The molecule has 3 nitrogen and oxygen atoms in total. The first-order valence-electron chi connectivity index (χ1n) is 6.14. The van der Waals surface area contributed by atoms with Gasteiger partial charge in [0.1, 0.15) is 0 Å². The molecule has 0 bridgehead atoms. The van der Waals surface area contributed by atoms with Crippen LogP contribution in [0.15, 0.2) is 0 Å². The Hall–Kier alpha value is -0.120. The van der Waals surface area contributed by atoms with Gasteiger partial charge in [0.2, 0.25) is 0 Å². The van der Waals surface area contributed by atoms with Crippen LogP contribution in [0.1, 0.15) is 38.5 Å². The first kappa shape index (κ1) is 12.9. The summed E-state index contributed by atoms with van der Waals surface area (Å²) in [5.74, 6) is 1.76. The second-order valence-corrected chi connectivity index (χ2v) is 4.77. The summed E-state index contributed by atoms with van der Waals surface area (Å²) in [4.78, 5) is 0. The molecule has 3 N–H and O–H groups in total. The molecule has 2 atom stereocenters. The van der Waals surface area contributed by atoms with Crippen LogP contribution in [0.5, 0.6) is 0 Å². The largest absolute Gasteiger partial charge is 0.396 e. The third-order valence-electron chi connectivity index (χ3n) is 3.66. The minimum Gasteiger partial charge on any atom is -0.396 e. The minimum absolute atomic E-state index is 0.271. The maximum absolute atomic E-state index is 9.15. The Labute approximate surface area is 92.1 Å². The van der Waals surface area contributed by atoms with E-state index in [-0.39, 0.29) is 13.2 Å². The fourth-order valence-corrected chi connectivity index (χ4v) is 2.90. The zero-order valence-electron chi connectivity index (χ0n) is 9.44. The third-order valence-corrected chi connectivity index (χ3v) is 3.66. The van der Waals surface area contributed by atoms with Gasteiger partial charge in [-0.1, -0.05) is 0 Å². The van der Waals surface area contributed by atoms with Gasteiger partial charge in [-0.3, -0.25) is 0 Å². The van der Waals surface area contributed by atoms with Gasteiger partial charge in [-0.25, -0.2) is 0 Å². The van der Waals surface area contributed by atoms with Crippen molar-refractivity contribution in [2.45, 2.75) is 38.5 Å². The van der Waals surface area contributed by atoms with Crippen molar-refractivity contribution in [2.75, 3.05) is 19.8 Å². The van der Waals surface area contributed by atoms with Crippen molar-refractivity contribution >= 4 is 0 Å². The van der Waals surface area contributed by atoms with Crippen molar-refractivity contribution in [3.05, 3.63) is 0 Å². The first-order valence-corrected chi connectivity index (χ1v) is 6.14. The fourth-order valence-electron chi connectivity index (χ4n) is 2.90. The number of rotatable bonds is 7. The summed E-state index contributed by atoms with van der Waals surface area (Å²) in [7, 11) is 0. The van der Waals surface area contributed by atoms with Crippen molar-refractivity contribution in [1.82, 2.24) is 0 Å². The van der Waals surface area contributed by atoms with Crippen molar-refractivity contribution < 1.29 is 15.3 Å². The molecule has 3 heteroatoms. The van der Waals surface area contributed by atoms with Crippen LogP contribution in [0, 0.1) is 17.8 Å². The van der Waals surface area contributed by atoms with Gasteiger partial charge >= 0.3 is 0 Å². The summed E-state index contributed by atoms with van der Waals surface area (Å²) in [5, 5.41) is 26.8. The predicted octanol–water partition coefficient (Wildman–Crippen LogP) is 1.17. The molecule has 1 aliphatic carbocycles. The molecule has 0 aromatic rings. The summed E-state index contributed by atoms with van der Waals surface area (Å²) in [6.45, 7) is 0.839. The van der Waals surface area contributed by atoms with Crippen LogP contribution in [0.4, 0.5) is 0 Å². The van der Waals surface area contributed by atoms with E-state index >= 15 is 0 Å². The second-order valence-electron chi connectivity index (χ2n) is 4.77. The average molecular weight is 216 g/mol. The summed E-state index contributed by atoms with van der Waals surface area (Å²) in [5.41, 5.74) is 0. The quantitative estimate of drug-likeness (QED) is 0.598. The normalized spacial score (nSPS) is 31.0. The third kappa shape index (κ3) is 4.09. The smallest absolute Gasteiger partial charge is 0.0459 e. The molecule has 0 radical (unpaired) electrons. The molecule has 0 aromatic carbocycles. The van der Waals surface area contributed by atoms with Crippen LogP contribution >= 0.6 is 0 Å². The van der Waals surface area contributed by atoms with Gasteiger partial charge in [-0.2, -0.15) is 0 Å². The molecule has 1 rings (SSSR count). The molecule has 1 aliphatic rings. The van der Waals surface area contributed by atoms with Crippen LogP contribution in [0.3, 0.4) is 0 Å². The number of aliphatic hydroxyl groups excluding tert-OH is 3. The van der Waals surface area contributed by atoms with E-state index in [9.17, 15) is 0 Å². The zero-order chi connectivity index (χ0) is 11.1. The summed E-state index contributed by atoms with van der Waals surface area (Å²) in [6, 6.07) is 0. The molecule has 90 valence electrons. The summed E-state index contributed by atoms with van der Waals surface area (Å²) < 4.78 is 0. The van der Waals surface area contributed by atoms with Gasteiger partial charge in [0.05, 0.1) is 0 Å². The van der Waals surface area contributed by atoms with Crippen molar-refractivity contribution in [3.63, 3.8) is 0 Å². The van der Waals surface area contributed by atoms with E-state index in [0.717, 1.165) is 38.5 Å². The van der Waals surface area contributed by atoms with Gasteiger partial charge in [0, 0.05) is 19.8 Å². The zero-order valence-corrected chi connectivity index (χ0v) is 9.44. The molecule has 1 saturated carbocycles. The minimum atomic E-state index is 0.271. The SMILES string of the molecule is OCCCC1CC(CO)CC1CCCO. The van der Waals surface area contributed by atoms with E-state index in [2.05, 4.69) is 0 Å². The monoisotopic (exact) mass is 216 g/mol. The molecular weight excluding hydrogens is 192 g/mol. The molecule has 0 spiro atoms. The van der Waals surface area contributed by atoms with Gasteiger partial charge in [0.15, 0.2) is 0 Å². The van der Waals surface area contributed by atoms with Crippen molar-refractivity contribution in [2.24, 2.45) is 17.8 Å². The topological polar surface area (TPSA) is 60.7 Å². The van der Waals surface area contributed by atoms with Gasteiger partial charge in [-0.15, -0.1) is 0 Å². The lowest BCUT2D eigenvalue weighted by molar-refractivity contribution is 0.222. The molecule has 0 amide bonds. The lowest BCUT2D eigenvalue weighted by Gasteiger charge is -2.18. The number of hydrogen-bond acceptors (Lipinski definition) is 3. The summed E-state index contributed by atoms with van der Waals surface area (Å²) in [6.07, 6.45) is 6.10. The van der Waals surface area contributed by atoms with Gasteiger partial charge in [0.25, 0.3) is 0 Å². The highest BCUT2D eigenvalue weighted by atomic mass is 16.3. The number of hydrogen-bond donors (Lipinski definition) is 3. The average Bonchev–Trinajstić information content (AvgIpc) is 2.66.